The molecule has 0 saturated carbocycles. The molecule has 0 unspecified atom stereocenters. The zero-order chi connectivity index (χ0) is 50.8. The molecule has 0 aromatic rings. The van der Waals surface area contributed by atoms with Gasteiger partial charge in [0.25, 0.3) is 0 Å². The highest BCUT2D eigenvalue weighted by atomic mass is 28.4. The lowest BCUT2D eigenvalue weighted by atomic mass is 9.86. The van der Waals surface area contributed by atoms with Gasteiger partial charge in [-0.2, -0.15) is 0 Å². The molecule has 65 heavy (non-hydrogen) atoms. The maximum Gasteiger partial charge on any atom is 0.331 e. The molecule has 0 aliphatic carbocycles. The summed E-state index contributed by atoms with van der Waals surface area (Å²) < 4.78 is 35.8. The van der Waals surface area contributed by atoms with Crippen LogP contribution in [0.2, 0.25) is 72.5 Å². The Morgan fingerprint density at radius 1 is 0.631 bits per heavy atom. The number of hydrogen-bond donors (Lipinski definition) is 0. The van der Waals surface area contributed by atoms with Crippen molar-refractivity contribution in [3.8, 4) is 0 Å². The van der Waals surface area contributed by atoms with Crippen molar-refractivity contribution in [3.63, 3.8) is 0 Å². The first kappa shape index (κ1) is 61.6. The number of cyclic esters (lactones) is 1. The Kier molecular flexibility index (Phi) is 23.2. The van der Waals surface area contributed by atoms with E-state index in [4.69, 9.17) is 22.4 Å². The molecule has 376 valence electrons. The second-order valence-corrected chi connectivity index (χ2v) is 44.8. The van der Waals surface area contributed by atoms with Crippen LogP contribution in [0.15, 0.2) is 73.4 Å². The van der Waals surface area contributed by atoms with E-state index in [0.29, 0.717) is 0 Å². The molecule has 0 radical (unpaired) electrons. The lowest BCUT2D eigenvalue weighted by molar-refractivity contribution is -0.150. The third kappa shape index (κ3) is 19.1. The predicted octanol–water partition coefficient (Wildman–Crippen LogP) is 16.8. The fourth-order valence-electron chi connectivity index (χ4n) is 7.10. The van der Waals surface area contributed by atoms with Crippen molar-refractivity contribution in [2.75, 3.05) is 0 Å². The average molecular weight is 974 g/mol. The minimum Gasteiger partial charge on any atom is -0.458 e. The molecule has 0 aromatic carbocycles. The lowest BCUT2D eigenvalue weighted by Gasteiger charge is -2.43. The Hall–Kier alpha value is -1.38. The van der Waals surface area contributed by atoms with Crippen molar-refractivity contribution < 1.29 is 27.2 Å². The first-order chi connectivity index (χ1) is 29.2. The van der Waals surface area contributed by atoms with Gasteiger partial charge in [-0.15, -0.1) is 0 Å². The van der Waals surface area contributed by atoms with Gasteiger partial charge in [0.1, 0.15) is 6.10 Å². The number of rotatable bonds is 11. The highest BCUT2D eigenvalue weighted by molar-refractivity contribution is 6.75. The second kappa shape index (κ2) is 24.4. The van der Waals surface area contributed by atoms with E-state index in [1.165, 1.54) is 0 Å². The highest BCUT2D eigenvalue weighted by Crippen LogP contribution is 2.43. The smallest absolute Gasteiger partial charge is 0.331 e. The molecule has 10 atom stereocenters. The Morgan fingerprint density at radius 2 is 1.09 bits per heavy atom. The molecular formula is C55H104O6Si4. The summed E-state index contributed by atoms with van der Waals surface area (Å²) in [6, 6.07) is 0. The van der Waals surface area contributed by atoms with Crippen LogP contribution in [0, 0.1) is 29.6 Å². The van der Waals surface area contributed by atoms with Crippen LogP contribution in [0.5, 0.6) is 0 Å². The van der Waals surface area contributed by atoms with Gasteiger partial charge in [-0.3, -0.25) is 0 Å². The quantitative estimate of drug-likeness (QED) is 0.0890. The van der Waals surface area contributed by atoms with Crippen molar-refractivity contribution in [2.45, 2.75) is 240 Å². The summed E-state index contributed by atoms with van der Waals surface area (Å²) in [6.45, 7) is 61.6. The molecule has 1 heterocycles. The minimum atomic E-state index is -2.21. The molecule has 0 aromatic heterocycles. The Balaban J connectivity index is 4.21. The molecule has 1 rings (SSSR count). The normalized spacial score (nSPS) is 30.1. The summed E-state index contributed by atoms with van der Waals surface area (Å²) in [5, 5.41) is 0.141. The van der Waals surface area contributed by atoms with E-state index in [0.717, 1.165) is 19.3 Å². The van der Waals surface area contributed by atoms with Gasteiger partial charge in [-0.25, -0.2) is 4.79 Å². The summed E-state index contributed by atoms with van der Waals surface area (Å²) in [4.78, 5) is 13.8. The van der Waals surface area contributed by atoms with Crippen LogP contribution in [-0.2, 0) is 27.2 Å². The van der Waals surface area contributed by atoms with E-state index in [1.807, 2.05) is 18.2 Å². The number of carbonyl (C=O) groups is 1. The van der Waals surface area contributed by atoms with Crippen LogP contribution in [0.25, 0.3) is 0 Å². The van der Waals surface area contributed by atoms with E-state index in [-0.39, 0.29) is 80.1 Å². The predicted molar refractivity (Wildman–Crippen MR) is 294 cm³/mol. The third-order valence-corrected chi connectivity index (χ3v) is 33.9. The lowest BCUT2D eigenvalue weighted by Crippen LogP contribution is -2.48. The number of ether oxygens (including phenoxy) is 1. The molecule has 0 N–H and O–H groups in total. The van der Waals surface area contributed by atoms with Crippen molar-refractivity contribution >= 4 is 39.2 Å². The standard InChI is InChI=1S/C55H104O6Si4/c1-27-28-33-43(4)51-45(6)47(59-63(21,22)53(10,11)12)36-31-29-35-42(3)50(61-65(25,26)55(16,17)18)44(5)38-39-46(58-62(19,20)52(7,8)9)40-48(60-64(23,24)54(13,14)15)41(2)34-30-32-37-49(56)57-51/h27-30,32-35,37-39,41-48,50-51H,1,31,36,40H2,2-26H3/b33-28-,34-30+,35-29-,37-32-,39-38-/t41-,42+,43+,44+,45+,46+,47-,48+,50-,51+/m1/s1. The van der Waals surface area contributed by atoms with E-state index in [9.17, 15) is 4.79 Å². The molecule has 0 saturated heterocycles. The summed E-state index contributed by atoms with van der Waals surface area (Å²) in [6.07, 6.45) is 24.4. The van der Waals surface area contributed by atoms with Crippen molar-refractivity contribution in [2.24, 2.45) is 29.6 Å². The Morgan fingerprint density at radius 3 is 1.58 bits per heavy atom. The van der Waals surface area contributed by atoms with E-state index < -0.39 is 39.4 Å². The van der Waals surface area contributed by atoms with Crippen LogP contribution >= 0.6 is 0 Å². The maximum absolute atomic E-state index is 13.8. The van der Waals surface area contributed by atoms with Crippen LogP contribution in [0.3, 0.4) is 0 Å². The number of allylic oxidation sites excluding steroid dienone is 5. The fourth-order valence-corrected chi connectivity index (χ4v) is 12.7. The fraction of sp³-hybridized carbons (Fsp3) is 0.764. The molecule has 0 amide bonds. The van der Waals surface area contributed by atoms with Gasteiger partial charge in [0.05, 0.1) is 24.4 Å². The first-order valence-electron chi connectivity index (χ1n) is 25.1. The van der Waals surface area contributed by atoms with Crippen LogP contribution in [-0.4, -0.2) is 69.8 Å². The van der Waals surface area contributed by atoms with E-state index >= 15 is 0 Å². The molecule has 6 nitrogen and oxygen atoms in total. The molecule has 10 heteroatoms. The van der Waals surface area contributed by atoms with Gasteiger partial charge < -0.3 is 22.4 Å². The highest BCUT2D eigenvalue weighted by Gasteiger charge is 2.45. The van der Waals surface area contributed by atoms with Gasteiger partial charge in [0.15, 0.2) is 33.3 Å². The topological polar surface area (TPSA) is 63.2 Å². The maximum atomic E-state index is 13.8. The van der Waals surface area contributed by atoms with Crippen molar-refractivity contribution in [3.05, 3.63) is 73.4 Å². The SMILES string of the molecule is C=C/C=C\[C@H](C)[C@@H]1OC(=O)/C=C\C=C\[C@@H](C)[C@@H](O[Si](C)(C)C(C)(C)C)C[C@@H](O[Si](C)(C)C(C)(C)C)/C=C\[C@H](C)[C@H](O[Si](C)(C)C(C)(C)C)[C@@H](C)/C=C\CC[C@@H](O[Si](C)(C)C(C)(C)C)[C@@H]1C. The van der Waals surface area contributed by atoms with Crippen molar-refractivity contribution in [1.29, 1.82) is 0 Å². The minimum absolute atomic E-state index is 0.0199. The molecule has 1 aliphatic rings. The first-order valence-corrected chi connectivity index (χ1v) is 36.8. The Labute approximate surface area is 407 Å². The summed E-state index contributed by atoms with van der Waals surface area (Å²) in [7, 11) is -8.78. The molecule has 0 spiro atoms. The monoisotopic (exact) mass is 973 g/mol. The zero-order valence-electron chi connectivity index (χ0n) is 46.9. The van der Waals surface area contributed by atoms with Gasteiger partial charge in [-0.1, -0.05) is 185 Å². The summed E-state index contributed by atoms with van der Waals surface area (Å²) in [5.41, 5.74) is 0. The van der Waals surface area contributed by atoms with Gasteiger partial charge in [-0.05, 0) is 103 Å². The van der Waals surface area contributed by atoms with Gasteiger partial charge in [0.2, 0.25) is 0 Å². The number of carbonyl (C=O) groups excluding carboxylic acids is 1. The molecule has 0 fully saturated rings. The largest absolute Gasteiger partial charge is 0.458 e. The van der Waals surface area contributed by atoms with E-state index in [2.05, 4.69) is 213 Å². The van der Waals surface area contributed by atoms with Crippen molar-refractivity contribution in [1.82, 2.24) is 0 Å². The molecule has 1 aliphatic heterocycles. The second-order valence-electron chi connectivity index (χ2n) is 25.8. The number of hydrogen-bond acceptors (Lipinski definition) is 6. The molecular weight excluding hydrogens is 869 g/mol. The van der Waals surface area contributed by atoms with Crippen LogP contribution < -0.4 is 0 Å². The number of esters is 1. The molecule has 0 bridgehead atoms. The third-order valence-electron chi connectivity index (χ3n) is 16.0. The van der Waals surface area contributed by atoms with Gasteiger partial charge in [0, 0.05) is 24.3 Å². The Bertz CT molecular complexity index is 1630. The summed E-state index contributed by atoms with van der Waals surface area (Å²) in [5.74, 6) is -0.153. The van der Waals surface area contributed by atoms with Crippen LogP contribution in [0.4, 0.5) is 0 Å². The average Bonchev–Trinajstić information content (AvgIpc) is 3.13. The van der Waals surface area contributed by atoms with E-state index in [1.54, 1.807) is 12.2 Å². The summed E-state index contributed by atoms with van der Waals surface area (Å²) >= 11 is 0. The van der Waals surface area contributed by atoms with Crippen LogP contribution in [0.1, 0.15) is 137 Å². The van der Waals surface area contributed by atoms with Gasteiger partial charge >= 0.3 is 5.97 Å². The zero-order valence-corrected chi connectivity index (χ0v) is 50.9.